The smallest absolute Gasteiger partial charge is 0.277 e. The minimum Gasteiger partial charge on any atom is -0.384 e. The van der Waals surface area contributed by atoms with E-state index in [0.717, 1.165) is 37.9 Å². The highest BCUT2D eigenvalue weighted by Gasteiger charge is 2.30. The number of aldehydes is 1. The lowest BCUT2D eigenvalue weighted by atomic mass is 10.1. The van der Waals surface area contributed by atoms with Crippen LogP contribution in [0.2, 0.25) is 0 Å². The van der Waals surface area contributed by atoms with E-state index in [1.807, 2.05) is 43.3 Å². The molecule has 13 heteroatoms. The number of pyridine rings is 1. The molecule has 0 aliphatic carbocycles. The van der Waals surface area contributed by atoms with Gasteiger partial charge in [0.15, 0.2) is 6.29 Å². The molecule has 5 rings (SSSR count). The zero-order valence-corrected chi connectivity index (χ0v) is 23.5. The van der Waals surface area contributed by atoms with Crippen molar-refractivity contribution in [2.24, 2.45) is 0 Å². The molecule has 4 heterocycles. The van der Waals surface area contributed by atoms with Crippen molar-refractivity contribution < 1.29 is 9.59 Å². The van der Waals surface area contributed by atoms with Gasteiger partial charge in [-0.05, 0) is 42.8 Å². The van der Waals surface area contributed by atoms with Crippen molar-refractivity contribution in [3.63, 3.8) is 0 Å². The maximum absolute atomic E-state index is 12.7. The second kappa shape index (κ2) is 12.7. The number of fused-ring (bicyclic) bond motifs is 2. The fourth-order valence-corrected chi connectivity index (χ4v) is 5.85. The van der Waals surface area contributed by atoms with Crippen LogP contribution in [0.5, 0.6) is 0 Å². The van der Waals surface area contributed by atoms with Crippen molar-refractivity contribution in [1.82, 2.24) is 19.9 Å². The van der Waals surface area contributed by atoms with Gasteiger partial charge in [-0.1, -0.05) is 24.3 Å². The summed E-state index contributed by atoms with van der Waals surface area (Å²) >= 11 is 2.43. The van der Waals surface area contributed by atoms with E-state index in [1.54, 1.807) is 24.6 Å². The molecule has 0 bridgehead atoms. The Kier molecular flexibility index (Phi) is 9.07. The number of nitrogen functional groups attached to an aromatic ring is 1. The van der Waals surface area contributed by atoms with Gasteiger partial charge in [0, 0.05) is 40.2 Å². The second-order valence-corrected chi connectivity index (χ2v) is 11.1. The molecule has 1 atom stereocenters. The van der Waals surface area contributed by atoms with Crippen LogP contribution in [-0.2, 0) is 22.6 Å². The first-order valence-electron chi connectivity index (χ1n) is 12.3. The number of aromatic nitrogens is 3. The average Bonchev–Trinajstić information content (AvgIpc) is 3.56. The number of benzene rings is 1. The third-order valence-electron chi connectivity index (χ3n) is 6.21. The highest BCUT2D eigenvalue weighted by molar-refractivity contribution is 8.28. The van der Waals surface area contributed by atoms with E-state index in [0.29, 0.717) is 43.0 Å². The largest absolute Gasteiger partial charge is 0.384 e. The molecule has 0 spiro atoms. The van der Waals surface area contributed by atoms with Crippen LogP contribution in [0.4, 0.5) is 11.5 Å². The minimum atomic E-state index is -0.523. The zero-order valence-electron chi connectivity index (χ0n) is 21.9. The number of carbonyl (C=O) groups is 2. The number of nitrogens with zero attached hydrogens (tertiary/aromatic N) is 3. The van der Waals surface area contributed by atoms with Crippen molar-refractivity contribution in [3.05, 3.63) is 81.0 Å². The Morgan fingerprint density at radius 2 is 2.02 bits per heavy atom. The second-order valence-electron chi connectivity index (χ2n) is 8.87. The third-order valence-corrected chi connectivity index (χ3v) is 8.05. The van der Waals surface area contributed by atoms with Gasteiger partial charge in [0.2, 0.25) is 5.91 Å². The molecular weight excluding hydrogens is 548 g/mol. The van der Waals surface area contributed by atoms with Crippen molar-refractivity contribution >= 4 is 67.0 Å². The normalized spacial score (nSPS) is 13.6. The Balaban J connectivity index is 0.000000224. The molecule has 0 radical (unpaired) electrons. The standard InChI is InChI=1S/C17H18N6O2S.C10H10N2OS/c1-19-11-8-21-15-3-2-12(23(15)17(11)25)16(24)22-7-10-4-9-6-20-14(18)5-13(9)26-10;1-7-4-2-3-5-8(7)10(12)14-9(11)6-13/h4-6,8,12,19H,2-3,7H2,1H3,(H2,18,20)(H,22,24);2-6,11-12H,1H3. The molecule has 1 aromatic carbocycles. The molecule has 1 aliphatic heterocycles. The minimum absolute atomic E-state index is 0.141. The van der Waals surface area contributed by atoms with E-state index in [2.05, 4.69) is 20.6 Å². The van der Waals surface area contributed by atoms with E-state index in [9.17, 15) is 14.4 Å². The summed E-state index contributed by atoms with van der Waals surface area (Å²) in [5.41, 5.74) is 7.63. The molecule has 1 amide bonds. The summed E-state index contributed by atoms with van der Waals surface area (Å²) in [5.74, 6) is 0.957. The quantitative estimate of drug-likeness (QED) is 0.131. The number of thiophene rings is 1. The lowest BCUT2D eigenvalue weighted by Crippen LogP contribution is -2.36. The van der Waals surface area contributed by atoms with Crippen LogP contribution in [-0.4, -0.2) is 43.9 Å². The molecule has 1 aliphatic rings. The SMILES string of the molecule is CNc1cnc2n(c1=O)C(C(=O)NCc1cc3cnc(N)cc3s1)CC2.Cc1ccccc1C(=N)SC(=N)C=O. The fourth-order valence-electron chi connectivity index (χ4n) is 4.22. The van der Waals surface area contributed by atoms with Gasteiger partial charge < -0.3 is 16.4 Å². The Morgan fingerprint density at radius 3 is 2.75 bits per heavy atom. The number of amides is 1. The van der Waals surface area contributed by atoms with Gasteiger partial charge in [-0.2, -0.15) is 0 Å². The van der Waals surface area contributed by atoms with Gasteiger partial charge in [0.25, 0.3) is 5.56 Å². The molecular formula is C27H28N8O3S2. The first-order chi connectivity index (χ1) is 19.2. The molecule has 0 saturated carbocycles. The summed E-state index contributed by atoms with van der Waals surface area (Å²) < 4.78 is 2.53. The van der Waals surface area contributed by atoms with Gasteiger partial charge in [-0.25, -0.2) is 9.97 Å². The summed E-state index contributed by atoms with van der Waals surface area (Å²) in [5, 5.41) is 21.7. The van der Waals surface area contributed by atoms with E-state index in [-0.39, 0.29) is 21.6 Å². The number of hydrogen-bond donors (Lipinski definition) is 5. The number of nitrogens with one attached hydrogen (secondary N) is 4. The molecule has 40 heavy (non-hydrogen) atoms. The highest BCUT2D eigenvalue weighted by Crippen LogP contribution is 2.27. The Hall–Kier alpha value is -4.36. The highest BCUT2D eigenvalue weighted by atomic mass is 32.2. The van der Waals surface area contributed by atoms with Crippen LogP contribution in [0.1, 0.15) is 34.3 Å². The van der Waals surface area contributed by atoms with Crippen LogP contribution < -0.4 is 21.9 Å². The summed E-state index contributed by atoms with van der Waals surface area (Å²) in [4.78, 5) is 44.7. The van der Waals surface area contributed by atoms with Crippen molar-refractivity contribution in [1.29, 1.82) is 10.8 Å². The van der Waals surface area contributed by atoms with Crippen LogP contribution in [0.3, 0.4) is 0 Å². The predicted molar refractivity (Wildman–Crippen MR) is 161 cm³/mol. The summed E-state index contributed by atoms with van der Waals surface area (Å²) in [7, 11) is 1.67. The molecule has 206 valence electrons. The summed E-state index contributed by atoms with van der Waals surface area (Å²) in [6.45, 7) is 2.30. The van der Waals surface area contributed by atoms with Gasteiger partial charge in [0.1, 0.15) is 33.5 Å². The van der Waals surface area contributed by atoms with E-state index >= 15 is 0 Å². The van der Waals surface area contributed by atoms with E-state index < -0.39 is 6.04 Å². The van der Waals surface area contributed by atoms with Crippen molar-refractivity contribution in [2.75, 3.05) is 18.1 Å². The molecule has 11 nitrogen and oxygen atoms in total. The predicted octanol–water partition coefficient (Wildman–Crippen LogP) is 3.51. The first-order valence-corrected chi connectivity index (χ1v) is 13.9. The van der Waals surface area contributed by atoms with Gasteiger partial charge in [-0.15, -0.1) is 11.3 Å². The number of hydrogen-bond acceptors (Lipinski definition) is 11. The monoisotopic (exact) mass is 576 g/mol. The maximum Gasteiger partial charge on any atom is 0.277 e. The Bertz CT molecular complexity index is 1660. The van der Waals surface area contributed by atoms with E-state index in [1.165, 1.54) is 10.8 Å². The molecule has 4 aromatic rings. The van der Waals surface area contributed by atoms with Crippen LogP contribution in [0.25, 0.3) is 10.1 Å². The molecule has 1 unspecified atom stereocenters. The Morgan fingerprint density at radius 1 is 1.25 bits per heavy atom. The van der Waals surface area contributed by atoms with Crippen LogP contribution >= 0.6 is 23.1 Å². The molecule has 6 N–H and O–H groups in total. The zero-order chi connectivity index (χ0) is 28.8. The summed E-state index contributed by atoms with van der Waals surface area (Å²) in [6.07, 6.45) is 4.88. The topological polar surface area (TPSA) is 180 Å². The lowest BCUT2D eigenvalue weighted by molar-refractivity contribution is -0.124. The molecule has 0 saturated heterocycles. The number of carbonyl (C=O) groups excluding carboxylic acids is 2. The first kappa shape index (κ1) is 28.6. The van der Waals surface area contributed by atoms with Gasteiger partial charge >= 0.3 is 0 Å². The van der Waals surface area contributed by atoms with Gasteiger partial charge in [-0.3, -0.25) is 29.8 Å². The molecule has 3 aromatic heterocycles. The number of anilines is 2. The number of thioether (sulfide) groups is 1. The van der Waals surface area contributed by atoms with Gasteiger partial charge in [0.05, 0.1) is 12.7 Å². The van der Waals surface area contributed by atoms with Crippen LogP contribution in [0, 0.1) is 17.7 Å². The van der Waals surface area contributed by atoms with E-state index in [4.69, 9.17) is 16.6 Å². The number of aryl methyl sites for hydroxylation is 2. The summed E-state index contributed by atoms with van der Waals surface area (Å²) in [6, 6.07) is 10.7. The lowest BCUT2D eigenvalue weighted by Gasteiger charge is -2.14. The van der Waals surface area contributed by atoms with Crippen molar-refractivity contribution in [2.45, 2.75) is 32.4 Å². The number of nitrogens with two attached hydrogens (primary N) is 1. The average molecular weight is 577 g/mol. The number of rotatable bonds is 6. The van der Waals surface area contributed by atoms with Crippen LogP contribution in [0.15, 0.2) is 53.6 Å². The van der Waals surface area contributed by atoms with Crippen molar-refractivity contribution in [3.8, 4) is 0 Å². The maximum atomic E-state index is 12.7. The molecule has 0 fully saturated rings. The third kappa shape index (κ3) is 6.43. The Labute approximate surface area is 238 Å². The fraction of sp³-hybridized carbons (Fsp3) is 0.222.